The number of β-amino-alcohol motifs (C(OH)–C–C–N with tert-alkyl or cyclic N) is 1. The number of aliphatic hydroxyl groups is 2. The number of aliphatic hydroxyl groups excluding tert-OH is 2. The van der Waals surface area contributed by atoms with Gasteiger partial charge in [-0.15, -0.1) is 0 Å². The summed E-state index contributed by atoms with van der Waals surface area (Å²) in [5.41, 5.74) is 1.00. The summed E-state index contributed by atoms with van der Waals surface area (Å²) in [5.74, 6) is 0. The van der Waals surface area contributed by atoms with Crippen LogP contribution in [0.4, 0.5) is 0 Å². The van der Waals surface area contributed by atoms with E-state index in [2.05, 4.69) is 5.32 Å². The van der Waals surface area contributed by atoms with Gasteiger partial charge in [-0.1, -0.05) is 30.3 Å². The van der Waals surface area contributed by atoms with Crippen molar-refractivity contribution in [1.29, 1.82) is 0 Å². The monoisotopic (exact) mass is 223 g/mol. The molecule has 0 aliphatic carbocycles. The van der Waals surface area contributed by atoms with Gasteiger partial charge in [0.1, 0.15) is 12.2 Å². The zero-order chi connectivity index (χ0) is 11.5. The summed E-state index contributed by atoms with van der Waals surface area (Å²) in [4.78, 5) is 0. The first-order chi connectivity index (χ1) is 7.74. The molecule has 3 N–H and O–H groups in total. The van der Waals surface area contributed by atoms with Crippen molar-refractivity contribution in [2.75, 3.05) is 13.7 Å². The van der Waals surface area contributed by atoms with E-state index in [4.69, 9.17) is 4.74 Å². The first-order valence-electron chi connectivity index (χ1n) is 5.41. The highest BCUT2D eigenvalue weighted by atomic mass is 16.5. The molecule has 1 heterocycles. The lowest BCUT2D eigenvalue weighted by molar-refractivity contribution is -0.113. The topological polar surface area (TPSA) is 61.7 Å². The highest BCUT2D eigenvalue weighted by Gasteiger charge is 2.38. The molecular weight excluding hydrogens is 206 g/mol. The van der Waals surface area contributed by atoms with Crippen LogP contribution in [0.25, 0.3) is 0 Å². The van der Waals surface area contributed by atoms with E-state index in [-0.39, 0.29) is 6.04 Å². The largest absolute Gasteiger partial charge is 0.389 e. The van der Waals surface area contributed by atoms with E-state index in [0.29, 0.717) is 6.54 Å². The maximum Gasteiger partial charge on any atom is 0.112 e. The van der Waals surface area contributed by atoms with Crippen LogP contribution in [0, 0.1) is 0 Å². The van der Waals surface area contributed by atoms with Gasteiger partial charge in [-0.3, -0.25) is 0 Å². The first kappa shape index (κ1) is 11.5. The summed E-state index contributed by atoms with van der Waals surface area (Å²) in [6.45, 7) is 0.426. The Hall–Kier alpha value is -0.940. The highest BCUT2D eigenvalue weighted by Crippen LogP contribution is 2.25. The number of ether oxygens (including phenoxy) is 1. The minimum atomic E-state index is -0.740. The fourth-order valence-electron chi connectivity index (χ4n) is 2.17. The Labute approximate surface area is 94.9 Å². The quantitative estimate of drug-likeness (QED) is 0.664. The van der Waals surface area contributed by atoms with Crippen molar-refractivity contribution in [1.82, 2.24) is 5.32 Å². The molecule has 1 fully saturated rings. The van der Waals surface area contributed by atoms with Gasteiger partial charge in [0.2, 0.25) is 0 Å². The molecule has 0 unspecified atom stereocenters. The van der Waals surface area contributed by atoms with Gasteiger partial charge in [0.25, 0.3) is 0 Å². The Morgan fingerprint density at radius 3 is 2.56 bits per heavy atom. The van der Waals surface area contributed by atoms with E-state index in [0.717, 1.165) is 5.56 Å². The Morgan fingerprint density at radius 2 is 1.94 bits per heavy atom. The normalized spacial score (nSPS) is 34.9. The Balaban J connectivity index is 2.18. The van der Waals surface area contributed by atoms with E-state index in [9.17, 15) is 10.2 Å². The maximum atomic E-state index is 10.1. The zero-order valence-corrected chi connectivity index (χ0v) is 9.21. The van der Waals surface area contributed by atoms with E-state index < -0.39 is 18.3 Å². The molecule has 1 saturated heterocycles. The van der Waals surface area contributed by atoms with Crippen molar-refractivity contribution in [3.63, 3.8) is 0 Å². The standard InChI is InChI=1S/C12H17NO3/c1-16-12-9(14)7-13-10(11(12)15)8-5-3-2-4-6-8/h2-6,9-15H,7H2,1H3/t9-,10-,11+,12+/m0/s1. The van der Waals surface area contributed by atoms with Crippen molar-refractivity contribution < 1.29 is 14.9 Å². The third kappa shape index (κ3) is 2.10. The van der Waals surface area contributed by atoms with Gasteiger partial charge in [0, 0.05) is 13.7 Å². The molecular formula is C12H17NO3. The third-order valence-corrected chi connectivity index (χ3v) is 3.04. The van der Waals surface area contributed by atoms with Gasteiger partial charge >= 0.3 is 0 Å². The zero-order valence-electron chi connectivity index (χ0n) is 9.21. The molecule has 0 amide bonds. The summed E-state index contributed by atoms with van der Waals surface area (Å²) in [6.07, 6.45) is -1.94. The maximum absolute atomic E-state index is 10.1. The Kier molecular flexibility index (Phi) is 3.56. The molecule has 16 heavy (non-hydrogen) atoms. The van der Waals surface area contributed by atoms with Crippen molar-refractivity contribution >= 4 is 0 Å². The van der Waals surface area contributed by atoms with Crippen molar-refractivity contribution in [2.45, 2.75) is 24.4 Å². The summed E-state index contributed by atoms with van der Waals surface area (Å²) in [7, 11) is 1.50. The van der Waals surface area contributed by atoms with Crippen LogP contribution in [0.15, 0.2) is 30.3 Å². The van der Waals surface area contributed by atoms with E-state index in [1.807, 2.05) is 30.3 Å². The highest BCUT2D eigenvalue weighted by molar-refractivity contribution is 5.21. The molecule has 0 spiro atoms. The van der Waals surface area contributed by atoms with Crippen LogP contribution in [0.5, 0.6) is 0 Å². The van der Waals surface area contributed by atoms with Crippen LogP contribution in [0.3, 0.4) is 0 Å². The van der Waals surface area contributed by atoms with E-state index >= 15 is 0 Å². The average Bonchev–Trinajstić information content (AvgIpc) is 2.31. The molecule has 0 radical (unpaired) electrons. The SMILES string of the molecule is CO[C@H]1[C@H](O)[C@H](c2ccccc2)NC[C@@H]1O. The van der Waals surface area contributed by atoms with Gasteiger partial charge < -0.3 is 20.3 Å². The van der Waals surface area contributed by atoms with Gasteiger partial charge in [0.15, 0.2) is 0 Å². The number of rotatable bonds is 2. The van der Waals surface area contributed by atoms with Gasteiger partial charge in [-0.25, -0.2) is 0 Å². The van der Waals surface area contributed by atoms with Gasteiger partial charge in [-0.2, -0.15) is 0 Å². The molecule has 1 aromatic rings. The summed E-state index contributed by atoms with van der Waals surface area (Å²) >= 11 is 0. The minimum Gasteiger partial charge on any atom is -0.389 e. The molecule has 2 rings (SSSR count). The smallest absolute Gasteiger partial charge is 0.112 e. The van der Waals surface area contributed by atoms with Crippen LogP contribution >= 0.6 is 0 Å². The van der Waals surface area contributed by atoms with Crippen LogP contribution in [-0.4, -0.2) is 42.2 Å². The fraction of sp³-hybridized carbons (Fsp3) is 0.500. The Morgan fingerprint density at radius 1 is 1.25 bits per heavy atom. The minimum absolute atomic E-state index is 0.186. The summed E-state index contributed by atoms with van der Waals surface area (Å²) in [6, 6.07) is 9.50. The lowest BCUT2D eigenvalue weighted by Crippen LogP contribution is -2.55. The summed E-state index contributed by atoms with van der Waals surface area (Å²) in [5, 5.41) is 22.9. The first-order valence-corrected chi connectivity index (χ1v) is 5.41. The van der Waals surface area contributed by atoms with Crippen molar-refractivity contribution in [3.05, 3.63) is 35.9 Å². The second-order valence-electron chi connectivity index (χ2n) is 4.05. The number of nitrogens with one attached hydrogen (secondary N) is 1. The molecule has 88 valence electrons. The fourth-order valence-corrected chi connectivity index (χ4v) is 2.17. The predicted molar refractivity (Wildman–Crippen MR) is 60.0 cm³/mol. The molecule has 0 aromatic heterocycles. The number of hydrogen-bond acceptors (Lipinski definition) is 4. The second kappa shape index (κ2) is 4.93. The van der Waals surface area contributed by atoms with Crippen LogP contribution < -0.4 is 5.32 Å². The molecule has 1 aliphatic rings. The molecule has 4 atom stereocenters. The van der Waals surface area contributed by atoms with Crippen LogP contribution in [0.1, 0.15) is 11.6 Å². The van der Waals surface area contributed by atoms with Crippen molar-refractivity contribution in [3.8, 4) is 0 Å². The average molecular weight is 223 g/mol. The molecule has 1 aromatic carbocycles. The van der Waals surface area contributed by atoms with Crippen molar-refractivity contribution in [2.24, 2.45) is 0 Å². The van der Waals surface area contributed by atoms with Gasteiger partial charge in [0.05, 0.1) is 12.1 Å². The van der Waals surface area contributed by atoms with E-state index in [1.54, 1.807) is 0 Å². The number of hydrogen-bond donors (Lipinski definition) is 3. The van der Waals surface area contributed by atoms with Crippen LogP contribution in [0.2, 0.25) is 0 Å². The van der Waals surface area contributed by atoms with Crippen LogP contribution in [-0.2, 0) is 4.74 Å². The number of benzene rings is 1. The predicted octanol–water partition coefficient (Wildman–Crippen LogP) is 0.0677. The molecule has 0 saturated carbocycles. The van der Waals surface area contributed by atoms with E-state index in [1.165, 1.54) is 7.11 Å². The Bertz CT molecular complexity index is 330. The second-order valence-corrected chi connectivity index (χ2v) is 4.05. The summed E-state index contributed by atoms with van der Waals surface area (Å²) < 4.78 is 5.13. The lowest BCUT2D eigenvalue weighted by atomic mass is 9.91. The number of methoxy groups -OCH3 is 1. The van der Waals surface area contributed by atoms with Gasteiger partial charge in [-0.05, 0) is 5.56 Å². The number of piperidine rings is 1. The third-order valence-electron chi connectivity index (χ3n) is 3.04. The molecule has 1 aliphatic heterocycles. The lowest BCUT2D eigenvalue weighted by Gasteiger charge is -2.38. The molecule has 4 heteroatoms. The molecule has 4 nitrogen and oxygen atoms in total. The molecule has 0 bridgehead atoms.